The predicted molar refractivity (Wildman–Crippen MR) is 65.4 cm³/mol. The summed E-state index contributed by atoms with van der Waals surface area (Å²) >= 11 is 0. The van der Waals surface area contributed by atoms with E-state index in [2.05, 4.69) is 46.4 Å². The van der Waals surface area contributed by atoms with Crippen LogP contribution >= 0.6 is 0 Å². The molecule has 0 aromatic carbocycles. The molecule has 2 heterocycles. The summed E-state index contributed by atoms with van der Waals surface area (Å²) in [5.41, 5.74) is 0.161. The van der Waals surface area contributed by atoms with Crippen LogP contribution in [0.4, 0.5) is 0 Å². The third kappa shape index (κ3) is 3.01. The second kappa shape index (κ2) is 4.70. The molecule has 1 aliphatic rings. The number of aryl methyl sites for hydroxylation is 1. The number of hydrogen-bond donors (Lipinski definition) is 1. The van der Waals surface area contributed by atoms with E-state index >= 15 is 0 Å². The van der Waals surface area contributed by atoms with E-state index < -0.39 is 0 Å². The van der Waals surface area contributed by atoms with Crippen molar-refractivity contribution in [1.82, 2.24) is 30.4 Å². The zero-order chi connectivity index (χ0) is 12.5. The average molecular weight is 238 g/mol. The molecule has 2 rings (SSSR count). The first-order valence-corrected chi connectivity index (χ1v) is 6.22. The fourth-order valence-corrected chi connectivity index (χ4v) is 2.37. The van der Waals surface area contributed by atoms with Gasteiger partial charge < -0.3 is 5.32 Å². The second-order valence-electron chi connectivity index (χ2n) is 5.43. The minimum absolute atomic E-state index is 0.161. The van der Waals surface area contributed by atoms with Gasteiger partial charge in [-0.1, -0.05) is 6.92 Å². The molecule has 0 aliphatic carbocycles. The van der Waals surface area contributed by atoms with Crippen LogP contribution < -0.4 is 5.32 Å². The standard InChI is InChI=1S/C11H22N6/c1-5-9-6-12-11(2,3)8-17(9)7-10-13-15-16(4)14-10/h9,12H,5-8H2,1-4H3. The van der Waals surface area contributed by atoms with Gasteiger partial charge in [0.25, 0.3) is 0 Å². The lowest BCUT2D eigenvalue weighted by molar-refractivity contribution is 0.0833. The first-order chi connectivity index (χ1) is 8.00. The molecular formula is C11H22N6. The lowest BCUT2D eigenvalue weighted by atomic mass is 9.97. The fourth-order valence-electron chi connectivity index (χ4n) is 2.37. The van der Waals surface area contributed by atoms with Crippen molar-refractivity contribution >= 4 is 0 Å². The lowest BCUT2D eigenvalue weighted by Gasteiger charge is -2.44. The zero-order valence-corrected chi connectivity index (χ0v) is 11.1. The Bertz CT molecular complexity index is 372. The van der Waals surface area contributed by atoms with E-state index in [1.807, 2.05) is 0 Å². The summed E-state index contributed by atoms with van der Waals surface area (Å²) in [7, 11) is 1.80. The van der Waals surface area contributed by atoms with Crippen LogP contribution in [0.2, 0.25) is 0 Å². The highest BCUT2D eigenvalue weighted by atomic mass is 15.6. The van der Waals surface area contributed by atoms with Crippen molar-refractivity contribution in [1.29, 1.82) is 0 Å². The van der Waals surface area contributed by atoms with Crippen molar-refractivity contribution in [3.05, 3.63) is 5.82 Å². The zero-order valence-electron chi connectivity index (χ0n) is 11.1. The maximum Gasteiger partial charge on any atom is 0.188 e. The third-order valence-electron chi connectivity index (χ3n) is 3.30. The molecule has 0 amide bonds. The Kier molecular flexibility index (Phi) is 3.44. The summed E-state index contributed by atoms with van der Waals surface area (Å²) in [6, 6.07) is 0.562. The molecule has 1 aliphatic heterocycles. The molecule has 6 nitrogen and oxygen atoms in total. The molecule has 0 radical (unpaired) electrons. The normalized spacial score (nSPS) is 25.1. The maximum absolute atomic E-state index is 4.25. The number of tetrazole rings is 1. The van der Waals surface area contributed by atoms with Gasteiger partial charge in [-0.2, -0.15) is 4.80 Å². The van der Waals surface area contributed by atoms with Gasteiger partial charge in [0.05, 0.1) is 13.6 Å². The highest BCUT2D eigenvalue weighted by Crippen LogP contribution is 2.18. The van der Waals surface area contributed by atoms with E-state index in [1.54, 1.807) is 7.05 Å². The summed E-state index contributed by atoms with van der Waals surface area (Å²) in [4.78, 5) is 3.97. The Morgan fingerprint density at radius 1 is 1.47 bits per heavy atom. The van der Waals surface area contributed by atoms with Gasteiger partial charge in [0, 0.05) is 24.7 Å². The lowest BCUT2D eigenvalue weighted by Crippen LogP contribution is -2.61. The molecule has 1 unspecified atom stereocenters. The maximum atomic E-state index is 4.25. The SMILES string of the molecule is CCC1CNC(C)(C)CN1Cc1nnn(C)n1. The van der Waals surface area contributed by atoms with Crippen molar-refractivity contribution in [2.24, 2.45) is 7.05 Å². The monoisotopic (exact) mass is 238 g/mol. The van der Waals surface area contributed by atoms with E-state index in [4.69, 9.17) is 0 Å². The number of nitrogens with one attached hydrogen (secondary N) is 1. The van der Waals surface area contributed by atoms with Crippen molar-refractivity contribution in [2.75, 3.05) is 13.1 Å². The Morgan fingerprint density at radius 3 is 2.82 bits per heavy atom. The Balaban J connectivity index is 2.05. The molecule has 1 aromatic rings. The van der Waals surface area contributed by atoms with Crippen molar-refractivity contribution in [3.8, 4) is 0 Å². The van der Waals surface area contributed by atoms with Crippen molar-refractivity contribution in [3.63, 3.8) is 0 Å². The van der Waals surface area contributed by atoms with Crippen LogP contribution in [0.25, 0.3) is 0 Å². The van der Waals surface area contributed by atoms with Gasteiger partial charge in [0.15, 0.2) is 5.82 Å². The van der Waals surface area contributed by atoms with Crippen molar-refractivity contribution in [2.45, 2.75) is 45.3 Å². The van der Waals surface area contributed by atoms with Crippen LogP contribution in [0.1, 0.15) is 33.0 Å². The molecule has 96 valence electrons. The molecule has 1 saturated heterocycles. The largest absolute Gasteiger partial charge is 0.309 e. The quantitative estimate of drug-likeness (QED) is 0.813. The number of aromatic nitrogens is 4. The van der Waals surface area contributed by atoms with Gasteiger partial charge in [-0.25, -0.2) is 0 Å². The minimum atomic E-state index is 0.161. The molecule has 1 aromatic heterocycles. The molecule has 1 atom stereocenters. The Hall–Kier alpha value is -1.01. The second-order valence-corrected chi connectivity index (χ2v) is 5.43. The van der Waals surface area contributed by atoms with E-state index in [0.29, 0.717) is 6.04 Å². The number of piperazine rings is 1. The van der Waals surface area contributed by atoms with Gasteiger partial charge in [-0.05, 0) is 25.5 Å². The molecule has 0 spiro atoms. The first kappa shape index (κ1) is 12.4. The Labute approximate surface area is 102 Å². The highest BCUT2D eigenvalue weighted by Gasteiger charge is 2.32. The summed E-state index contributed by atoms with van der Waals surface area (Å²) in [6.45, 7) is 9.53. The smallest absolute Gasteiger partial charge is 0.188 e. The topological polar surface area (TPSA) is 58.9 Å². The highest BCUT2D eigenvalue weighted by molar-refractivity contribution is 4.93. The average Bonchev–Trinajstić information content (AvgIpc) is 2.63. The van der Waals surface area contributed by atoms with Crippen LogP contribution in [0.15, 0.2) is 0 Å². The Morgan fingerprint density at radius 2 is 2.24 bits per heavy atom. The molecule has 17 heavy (non-hydrogen) atoms. The van der Waals surface area contributed by atoms with Crippen LogP contribution in [-0.2, 0) is 13.6 Å². The predicted octanol–water partition coefficient (Wildman–Crippen LogP) is 0.173. The summed E-state index contributed by atoms with van der Waals surface area (Å²) in [6.07, 6.45) is 1.14. The first-order valence-electron chi connectivity index (χ1n) is 6.22. The van der Waals surface area contributed by atoms with Crippen LogP contribution in [0.3, 0.4) is 0 Å². The van der Waals surface area contributed by atoms with E-state index in [1.165, 1.54) is 4.80 Å². The van der Waals surface area contributed by atoms with Gasteiger partial charge in [0.2, 0.25) is 0 Å². The summed E-state index contributed by atoms with van der Waals surface area (Å²) in [5.74, 6) is 0.809. The van der Waals surface area contributed by atoms with E-state index in [9.17, 15) is 0 Å². The van der Waals surface area contributed by atoms with Crippen LogP contribution in [0, 0.1) is 0 Å². The molecular weight excluding hydrogens is 216 g/mol. The van der Waals surface area contributed by atoms with Gasteiger partial charge in [-0.3, -0.25) is 4.90 Å². The van der Waals surface area contributed by atoms with Crippen LogP contribution in [-0.4, -0.2) is 49.8 Å². The molecule has 0 saturated carbocycles. The van der Waals surface area contributed by atoms with Gasteiger partial charge >= 0.3 is 0 Å². The van der Waals surface area contributed by atoms with Gasteiger partial charge in [-0.15, -0.1) is 10.2 Å². The van der Waals surface area contributed by atoms with E-state index in [0.717, 1.165) is 31.9 Å². The van der Waals surface area contributed by atoms with Crippen molar-refractivity contribution < 1.29 is 0 Å². The molecule has 6 heteroatoms. The summed E-state index contributed by atoms with van der Waals surface area (Å²) in [5, 5.41) is 15.8. The number of nitrogens with zero attached hydrogens (tertiary/aromatic N) is 5. The van der Waals surface area contributed by atoms with E-state index in [-0.39, 0.29) is 5.54 Å². The molecule has 0 bridgehead atoms. The van der Waals surface area contributed by atoms with Crippen LogP contribution in [0.5, 0.6) is 0 Å². The summed E-state index contributed by atoms with van der Waals surface area (Å²) < 4.78 is 0. The molecule has 1 N–H and O–H groups in total. The minimum Gasteiger partial charge on any atom is -0.309 e. The van der Waals surface area contributed by atoms with Gasteiger partial charge in [0.1, 0.15) is 0 Å². The molecule has 1 fully saturated rings. The third-order valence-corrected chi connectivity index (χ3v) is 3.30. The fraction of sp³-hybridized carbons (Fsp3) is 0.909. The number of hydrogen-bond acceptors (Lipinski definition) is 5. The number of rotatable bonds is 3.